The van der Waals surface area contributed by atoms with E-state index in [0.29, 0.717) is 0 Å². The number of oxime groups is 1. The Kier molecular flexibility index (Phi) is 1.58. The maximum Gasteiger partial charge on any atom is 0.492 e. The van der Waals surface area contributed by atoms with E-state index in [4.69, 9.17) is 17.5 Å². The van der Waals surface area contributed by atoms with Gasteiger partial charge in [-0.05, 0) is 5.16 Å². The number of guanidine groups is 1. The van der Waals surface area contributed by atoms with Gasteiger partial charge in [0.1, 0.15) is 0 Å². The van der Waals surface area contributed by atoms with E-state index in [0.717, 1.165) is 0 Å². The SMILES string of the molecule is NC1=NOS(=O)(=O)ON1Cl. The smallest absolute Gasteiger partial charge is 0.364 e. The Hall–Kier alpha value is -0.730. The molecule has 0 unspecified atom stereocenters. The van der Waals surface area contributed by atoms with Crippen molar-refractivity contribution >= 4 is 28.1 Å². The van der Waals surface area contributed by atoms with Crippen LogP contribution in [0.3, 0.4) is 0 Å². The molecule has 0 aliphatic carbocycles. The van der Waals surface area contributed by atoms with Gasteiger partial charge in [-0.2, -0.15) is 8.42 Å². The summed E-state index contributed by atoms with van der Waals surface area (Å²) in [6.07, 6.45) is 0. The van der Waals surface area contributed by atoms with E-state index in [2.05, 4.69) is 13.7 Å². The van der Waals surface area contributed by atoms with Gasteiger partial charge in [0.25, 0.3) is 5.96 Å². The van der Waals surface area contributed by atoms with Crippen LogP contribution < -0.4 is 5.73 Å². The molecular weight excluding hydrogens is 186 g/mol. The maximum absolute atomic E-state index is 10.3. The van der Waals surface area contributed by atoms with Crippen molar-refractivity contribution < 1.29 is 17.0 Å². The predicted octanol–water partition coefficient (Wildman–Crippen LogP) is -1.12. The van der Waals surface area contributed by atoms with Gasteiger partial charge >= 0.3 is 10.4 Å². The van der Waals surface area contributed by atoms with Crippen LogP contribution in [0.15, 0.2) is 5.16 Å². The monoisotopic (exact) mass is 187 g/mol. The second kappa shape index (κ2) is 2.15. The summed E-state index contributed by atoms with van der Waals surface area (Å²) in [7, 11) is -4.14. The van der Waals surface area contributed by atoms with Crippen LogP contribution >= 0.6 is 11.8 Å². The maximum atomic E-state index is 10.3. The van der Waals surface area contributed by atoms with Crippen LogP contribution in [0.5, 0.6) is 0 Å². The van der Waals surface area contributed by atoms with Crippen LogP contribution in [0.1, 0.15) is 0 Å². The van der Waals surface area contributed by atoms with Crippen LogP contribution in [-0.2, 0) is 19.0 Å². The minimum Gasteiger partial charge on any atom is -0.364 e. The van der Waals surface area contributed by atoms with Gasteiger partial charge in [0.2, 0.25) is 0 Å². The van der Waals surface area contributed by atoms with E-state index in [1.54, 1.807) is 0 Å². The van der Waals surface area contributed by atoms with E-state index in [1.165, 1.54) is 0 Å². The zero-order valence-corrected chi connectivity index (χ0v) is 5.96. The molecule has 1 aliphatic heterocycles. The van der Waals surface area contributed by atoms with Crippen molar-refractivity contribution in [2.45, 2.75) is 0 Å². The third-order valence-electron chi connectivity index (χ3n) is 0.559. The third-order valence-corrected chi connectivity index (χ3v) is 1.47. The Labute approximate surface area is 61.3 Å². The summed E-state index contributed by atoms with van der Waals surface area (Å²) in [6, 6.07) is 0. The minimum atomic E-state index is -4.14. The second-order valence-corrected chi connectivity index (χ2v) is 2.67. The van der Waals surface area contributed by atoms with E-state index in [1.807, 2.05) is 0 Å². The molecule has 0 amide bonds. The van der Waals surface area contributed by atoms with Gasteiger partial charge in [-0.1, -0.05) is 4.28 Å². The molecule has 0 bridgehead atoms. The molecule has 0 fully saturated rings. The Morgan fingerprint density at radius 2 is 2.30 bits per heavy atom. The van der Waals surface area contributed by atoms with Gasteiger partial charge < -0.3 is 5.73 Å². The molecule has 0 saturated carbocycles. The standard InChI is InChI=1S/CH2ClN3O4S/c2-5-1(3)4-8-10(6,7)9-5/h(H2,3,4). The molecule has 1 heterocycles. The largest absolute Gasteiger partial charge is 0.492 e. The number of rotatable bonds is 0. The molecule has 58 valence electrons. The highest BCUT2D eigenvalue weighted by molar-refractivity contribution is 7.81. The van der Waals surface area contributed by atoms with Crippen molar-refractivity contribution in [3.8, 4) is 0 Å². The lowest BCUT2D eigenvalue weighted by molar-refractivity contribution is 0.0652. The summed E-state index contributed by atoms with van der Waals surface area (Å²) < 4.78 is 28.4. The Morgan fingerprint density at radius 1 is 1.70 bits per heavy atom. The predicted molar refractivity (Wildman–Crippen MR) is 30.4 cm³/mol. The van der Waals surface area contributed by atoms with Crippen molar-refractivity contribution in [2.75, 3.05) is 0 Å². The van der Waals surface area contributed by atoms with Crippen LogP contribution in [0.2, 0.25) is 0 Å². The molecule has 7 nitrogen and oxygen atoms in total. The highest BCUT2D eigenvalue weighted by Crippen LogP contribution is 2.09. The van der Waals surface area contributed by atoms with Gasteiger partial charge in [0.15, 0.2) is 0 Å². The van der Waals surface area contributed by atoms with Crippen LogP contribution in [0.25, 0.3) is 0 Å². The summed E-state index contributed by atoms with van der Waals surface area (Å²) in [6.45, 7) is 0. The molecule has 2 N–H and O–H groups in total. The summed E-state index contributed by atoms with van der Waals surface area (Å²) in [4.78, 5) is 0. The van der Waals surface area contributed by atoms with E-state index < -0.39 is 16.4 Å². The Bertz CT molecular complexity index is 258. The molecular formula is CH2ClN3O4S. The summed E-state index contributed by atoms with van der Waals surface area (Å²) >= 11 is 5.05. The highest BCUT2D eigenvalue weighted by Gasteiger charge is 2.25. The second-order valence-electron chi connectivity index (χ2n) is 1.25. The number of hydrogen-bond acceptors (Lipinski definition) is 7. The first-order valence-corrected chi connectivity index (χ1v) is 3.61. The number of nitrogens with zero attached hydrogens (tertiary/aromatic N) is 2. The lowest BCUT2D eigenvalue weighted by atomic mass is 11.1. The molecule has 1 rings (SSSR count). The summed E-state index contributed by atoms with van der Waals surface area (Å²) in [5.74, 6) is -0.392. The number of hydroxylamine groups is 1. The fourth-order valence-corrected chi connectivity index (χ4v) is 0.917. The number of halogens is 1. The lowest BCUT2D eigenvalue weighted by Crippen LogP contribution is -2.36. The first-order valence-electron chi connectivity index (χ1n) is 1.94. The molecule has 1 aliphatic rings. The first-order chi connectivity index (χ1) is 4.51. The van der Waals surface area contributed by atoms with Gasteiger partial charge in [-0.3, -0.25) is 0 Å². The molecule has 0 atom stereocenters. The van der Waals surface area contributed by atoms with Crippen molar-refractivity contribution in [1.82, 2.24) is 4.58 Å². The topological polar surface area (TPSA) is 94.2 Å². The van der Waals surface area contributed by atoms with Crippen molar-refractivity contribution in [3.05, 3.63) is 0 Å². The van der Waals surface area contributed by atoms with Crippen molar-refractivity contribution in [2.24, 2.45) is 10.9 Å². The van der Waals surface area contributed by atoms with Gasteiger partial charge in [0, 0.05) is 11.8 Å². The molecule has 10 heavy (non-hydrogen) atoms. The van der Waals surface area contributed by atoms with Crippen LogP contribution in [0.4, 0.5) is 0 Å². The normalized spacial score (nSPS) is 23.3. The average molecular weight is 188 g/mol. The van der Waals surface area contributed by atoms with Crippen molar-refractivity contribution in [1.29, 1.82) is 0 Å². The van der Waals surface area contributed by atoms with E-state index >= 15 is 0 Å². The van der Waals surface area contributed by atoms with Crippen LogP contribution in [-0.4, -0.2) is 19.0 Å². The fraction of sp³-hybridized carbons (Fsp3) is 0. The van der Waals surface area contributed by atoms with E-state index in [9.17, 15) is 8.42 Å². The number of hydrogen-bond donors (Lipinski definition) is 1. The first kappa shape index (κ1) is 7.38. The van der Waals surface area contributed by atoms with Gasteiger partial charge in [0.05, 0.1) is 0 Å². The fourth-order valence-electron chi connectivity index (χ4n) is 0.248. The molecule has 0 radical (unpaired) electrons. The molecule has 0 saturated heterocycles. The van der Waals surface area contributed by atoms with Crippen LogP contribution in [0, 0.1) is 0 Å². The number of nitrogens with two attached hydrogens (primary N) is 1. The molecule has 0 aromatic heterocycles. The Balaban J connectivity index is 2.89. The summed E-state index contributed by atoms with van der Waals surface area (Å²) in [5, 5.41) is 2.84. The van der Waals surface area contributed by atoms with Crippen molar-refractivity contribution in [3.63, 3.8) is 0 Å². The average Bonchev–Trinajstić information content (AvgIpc) is 1.79. The highest BCUT2D eigenvalue weighted by atomic mass is 35.5. The zero-order valence-electron chi connectivity index (χ0n) is 4.39. The van der Waals surface area contributed by atoms with Gasteiger partial charge in [-0.25, -0.2) is 4.28 Å². The molecule has 9 heteroatoms. The van der Waals surface area contributed by atoms with Gasteiger partial charge in [-0.15, -0.1) is 4.58 Å². The third kappa shape index (κ3) is 1.40. The Morgan fingerprint density at radius 3 is 2.70 bits per heavy atom. The molecule has 0 aromatic carbocycles. The lowest BCUT2D eigenvalue weighted by Gasteiger charge is -2.14. The molecule has 0 spiro atoms. The minimum absolute atomic E-state index is 0.249. The quantitative estimate of drug-likeness (QED) is 0.483. The summed E-state index contributed by atoms with van der Waals surface area (Å²) in [5.41, 5.74) is 4.93. The zero-order chi connectivity index (χ0) is 7.78. The molecule has 0 aromatic rings. The van der Waals surface area contributed by atoms with E-state index in [-0.39, 0.29) is 4.58 Å².